The normalized spacial score (nSPS) is 23.9. The number of aromatic amines is 1. The first-order valence-electron chi connectivity index (χ1n) is 43.7. The number of carboxylic acids is 1. The average Bonchev–Trinajstić information content (AvgIpc) is 1.42. The summed E-state index contributed by atoms with van der Waals surface area (Å²) in [6.45, 7) is 7.35. The molecule has 3 aliphatic heterocycles. The molecule has 130 heavy (non-hydrogen) atoms. The zero-order chi connectivity index (χ0) is 94.7. The highest BCUT2D eigenvalue weighted by Crippen LogP contribution is 2.28. The number of para-hydroxylation sites is 1. The number of aliphatic carboxylic acids is 1. The molecular weight excluding hydrogens is 1700 g/mol. The Kier molecular flexibility index (Phi) is 37.2. The zero-order valence-electron chi connectivity index (χ0n) is 74.2. The summed E-state index contributed by atoms with van der Waals surface area (Å²) in [5, 5.41) is 45.4. The topological polar surface area (TPSA) is 506 Å². The van der Waals surface area contributed by atoms with Crippen LogP contribution in [0.3, 0.4) is 0 Å². The van der Waals surface area contributed by atoms with E-state index in [0.717, 1.165) is 45.8 Å². The van der Waals surface area contributed by atoms with Gasteiger partial charge in [0.05, 0.1) is 18.7 Å². The molecule has 700 valence electrons. The molecule has 38 heteroatoms. The number of phenolic OH excluding ortho intramolecular Hbond substituents is 1. The molecule has 35 nitrogen and oxygen atoms in total. The van der Waals surface area contributed by atoms with Gasteiger partial charge >= 0.3 is 5.97 Å². The maximum Gasteiger partial charge on any atom is 0.305 e. The molecule has 0 bridgehead atoms. The summed E-state index contributed by atoms with van der Waals surface area (Å²) in [7, 11) is 3.93. The van der Waals surface area contributed by atoms with E-state index in [4.69, 9.17) is 11.5 Å². The first kappa shape index (κ1) is 101. The number of nitrogens with two attached hydrogens (primary N) is 2. The number of benzene rings is 5. The average molecular weight is 1820 g/mol. The monoisotopic (exact) mass is 1820 g/mol. The molecule has 0 saturated carbocycles. The van der Waals surface area contributed by atoms with Crippen LogP contribution in [-0.4, -0.2) is 272 Å². The van der Waals surface area contributed by atoms with Gasteiger partial charge in [0, 0.05) is 89.2 Å². The van der Waals surface area contributed by atoms with Gasteiger partial charge in [-0.1, -0.05) is 132 Å². The first-order valence-corrected chi connectivity index (χ1v) is 44.8. The first-order chi connectivity index (χ1) is 61.9. The summed E-state index contributed by atoms with van der Waals surface area (Å²) in [4.78, 5) is 246. The molecule has 13 atom stereocenters. The summed E-state index contributed by atoms with van der Waals surface area (Å²) in [6, 6.07) is 11.4. The van der Waals surface area contributed by atoms with Crippen molar-refractivity contribution in [2.45, 2.75) is 209 Å². The molecule has 0 spiro atoms. The number of primary amides is 1. The molecule has 0 unspecified atom stereocenters. The van der Waals surface area contributed by atoms with E-state index in [1.165, 1.54) is 84.4 Å². The molecule has 5 aromatic carbocycles. The number of H-pyrrole nitrogens is 1. The quantitative estimate of drug-likeness (QED) is 0.0436. The number of thioether (sulfide) groups is 1. The standard InChI is InChI=1S/C92H119F2N17O18S/c1-9-10-22-73-91(128)111-40-17-24-72(111)86(123)104-68(47-78(115)116)84(121)106-79(53(4)5)92(129)108(7)74(44-57-27-33-60(94)34-28-57)87(124)100-64(37-38-95)89(126)110-39-16-23-71(110)85(122)103-67(46-58-48-97-63-21-15-14-20-62(58)63)83(120)102-66(42-56-29-35-61(112)36-30-56)82(119)101-65(41-52(2)3)81(118)105-70(80(117)98-49-76(96)113)50-130-51-77(114)99-69(43-55-25-31-59(93)32-26-55)88(125)109(8)75(90(127)107(73)6)45-54-18-12-11-13-19-54/h11-15,18-21,25-36,48,52-53,64-75,79,97,112H,9-10,16-17,22-24,37-47,49-51,95H2,1-8H3,(H2,96,113)(H,98,117)(H,99,114)(H,100,124)(H,101,119)(H,102,120)(H,103,122)(H,104,123)(H,105,118)(H,106,121)(H,115,116)/t64-,65-,66-,67-,68-,69-,70-,71+,72+,73-,74-,75-,79-/m0/s1. The predicted molar refractivity (Wildman–Crippen MR) is 478 cm³/mol. The van der Waals surface area contributed by atoms with Gasteiger partial charge in [-0.05, 0) is 134 Å². The molecule has 4 heterocycles. The third-order valence-corrected chi connectivity index (χ3v) is 24.4. The molecule has 6 aromatic rings. The third-order valence-electron chi connectivity index (χ3n) is 23.4. The Morgan fingerprint density at radius 3 is 1.60 bits per heavy atom. The molecule has 16 N–H and O–H groups in total. The number of hydrogen-bond donors (Lipinski definition) is 14. The van der Waals surface area contributed by atoms with E-state index >= 15 is 43.2 Å². The Balaban J connectivity index is 1.12. The Labute approximate surface area is 756 Å². The van der Waals surface area contributed by atoms with E-state index in [2.05, 4.69) is 52.8 Å². The van der Waals surface area contributed by atoms with Crippen molar-refractivity contribution < 1.29 is 95.7 Å². The Morgan fingerprint density at radius 2 is 1.02 bits per heavy atom. The number of hydrogen-bond acceptors (Lipinski definition) is 19. The molecule has 1 aromatic heterocycles. The zero-order valence-corrected chi connectivity index (χ0v) is 75.0. The lowest BCUT2D eigenvalue weighted by atomic mass is 9.98. The maximum absolute atomic E-state index is 15.7. The highest BCUT2D eigenvalue weighted by atomic mass is 32.2. The van der Waals surface area contributed by atoms with Crippen molar-refractivity contribution in [3.8, 4) is 5.75 Å². The number of halogens is 2. The summed E-state index contributed by atoms with van der Waals surface area (Å²) in [5.74, 6) is -18.8. The Hall–Kier alpha value is -12.9. The smallest absolute Gasteiger partial charge is 0.305 e. The van der Waals surface area contributed by atoms with Crippen molar-refractivity contribution in [3.05, 3.63) is 173 Å². The van der Waals surface area contributed by atoms with Gasteiger partial charge in [-0.3, -0.25) is 76.7 Å². The minimum Gasteiger partial charge on any atom is -0.508 e. The molecular formula is C92H119F2N17O18S. The lowest BCUT2D eigenvalue weighted by molar-refractivity contribution is -0.152. The van der Waals surface area contributed by atoms with Gasteiger partial charge in [-0.15, -0.1) is 11.8 Å². The number of aromatic nitrogens is 1. The number of rotatable bonds is 23. The van der Waals surface area contributed by atoms with Crippen molar-refractivity contribution in [2.75, 3.05) is 58.8 Å². The van der Waals surface area contributed by atoms with Gasteiger partial charge in [-0.25, -0.2) is 8.78 Å². The van der Waals surface area contributed by atoms with E-state index in [1.54, 1.807) is 88.5 Å². The molecule has 9 rings (SSSR count). The summed E-state index contributed by atoms with van der Waals surface area (Å²) in [5.41, 5.74) is 14.4. The van der Waals surface area contributed by atoms with Crippen LogP contribution in [0.4, 0.5) is 8.78 Å². The number of fused-ring (bicyclic) bond motifs is 3. The number of carboxylic acid groups (broad SMARTS) is 1. The van der Waals surface area contributed by atoms with Gasteiger partial charge in [0.15, 0.2) is 0 Å². The van der Waals surface area contributed by atoms with Crippen LogP contribution in [0.5, 0.6) is 5.75 Å². The largest absolute Gasteiger partial charge is 0.508 e. The number of phenols is 1. The van der Waals surface area contributed by atoms with Crippen LogP contribution in [0.25, 0.3) is 10.9 Å². The lowest BCUT2D eigenvalue weighted by Crippen LogP contribution is -2.62. The molecule has 15 amide bonds. The summed E-state index contributed by atoms with van der Waals surface area (Å²) >= 11 is 0.789. The van der Waals surface area contributed by atoms with Crippen molar-refractivity contribution in [1.82, 2.24) is 77.3 Å². The number of carbonyl (C=O) groups is 16. The van der Waals surface area contributed by atoms with Crippen LogP contribution >= 0.6 is 11.8 Å². The Morgan fingerprint density at radius 1 is 0.515 bits per heavy atom. The lowest BCUT2D eigenvalue weighted by Gasteiger charge is -2.38. The maximum atomic E-state index is 15.7. The second kappa shape index (κ2) is 48.0. The van der Waals surface area contributed by atoms with Gasteiger partial charge < -0.3 is 99.0 Å². The van der Waals surface area contributed by atoms with Gasteiger partial charge in [0.2, 0.25) is 88.6 Å². The SMILES string of the molecule is CCCC[C@H]1C(=O)N2CCC[C@@H]2C(=O)N[C@@H](CC(=O)O)C(=O)N[C@@H](C(C)C)C(=O)N(C)[C@@H](Cc2ccc(F)cc2)C(=O)N[C@@H](CCN)C(=O)N2CCC[C@@H]2C(=O)N[C@@H](Cc2c[nH]c3ccccc23)C(=O)N[C@@H](Cc2ccc(O)cc2)C(=O)N[C@@H](CC(C)C)C(=O)N[C@H](C(=O)NCC(N)=O)CSCC(=O)N[C@@H](Cc2ccc(F)cc2)C(=O)N(C)[C@@H](Cc2ccccc2)C(=O)N1C. The number of likely N-dealkylation sites (N-methyl/N-ethyl adjacent to an activating group) is 3. The van der Waals surface area contributed by atoms with Crippen LogP contribution in [0, 0.1) is 23.5 Å². The van der Waals surface area contributed by atoms with Gasteiger partial charge in [0.25, 0.3) is 0 Å². The van der Waals surface area contributed by atoms with Gasteiger partial charge in [-0.2, -0.15) is 0 Å². The van der Waals surface area contributed by atoms with Gasteiger partial charge in [0.1, 0.15) is 95.9 Å². The fraction of sp³-hybridized carbons (Fsp3) is 0.478. The fourth-order valence-electron chi connectivity index (χ4n) is 16.3. The molecule has 0 radical (unpaired) electrons. The third kappa shape index (κ3) is 28.1. The van der Waals surface area contributed by atoms with E-state index in [1.807, 2.05) is 6.92 Å². The number of amides is 15. The second-order valence-corrected chi connectivity index (χ2v) is 35.0. The number of carbonyl (C=O) groups excluding carboxylic acids is 15. The van der Waals surface area contributed by atoms with Crippen LogP contribution in [0.15, 0.2) is 134 Å². The Bertz CT molecular complexity index is 5010. The highest BCUT2D eigenvalue weighted by Gasteiger charge is 2.46. The minimum atomic E-state index is -1.93. The van der Waals surface area contributed by atoms with Crippen molar-refractivity contribution in [2.24, 2.45) is 23.3 Å². The van der Waals surface area contributed by atoms with E-state index < -0.39 is 215 Å². The number of aromatic hydroxyl groups is 1. The number of unbranched alkanes of at least 4 members (excludes halogenated alkanes) is 1. The van der Waals surface area contributed by atoms with Crippen molar-refractivity contribution in [3.63, 3.8) is 0 Å². The highest BCUT2D eigenvalue weighted by molar-refractivity contribution is 8.00. The molecule has 3 aliphatic rings. The summed E-state index contributed by atoms with van der Waals surface area (Å²) < 4.78 is 29.2. The number of nitrogens with one attached hydrogen (secondary N) is 10. The molecule has 3 fully saturated rings. The fourth-order valence-corrected chi connectivity index (χ4v) is 17.1. The molecule has 0 aliphatic carbocycles. The van der Waals surface area contributed by atoms with Crippen LogP contribution in [-0.2, 0) is 109 Å². The van der Waals surface area contributed by atoms with Crippen molar-refractivity contribution in [1.29, 1.82) is 0 Å². The molecule has 3 saturated heterocycles. The van der Waals surface area contributed by atoms with Crippen LogP contribution in [0.2, 0.25) is 0 Å². The predicted octanol–water partition coefficient (Wildman–Crippen LogP) is 2.07. The van der Waals surface area contributed by atoms with Crippen LogP contribution < -0.4 is 59.3 Å². The van der Waals surface area contributed by atoms with Crippen molar-refractivity contribution >= 4 is 117 Å². The summed E-state index contributed by atoms with van der Waals surface area (Å²) in [6.07, 6.45) is 0.191. The van der Waals surface area contributed by atoms with E-state index in [9.17, 15) is 52.6 Å². The van der Waals surface area contributed by atoms with E-state index in [-0.39, 0.29) is 108 Å². The second-order valence-electron chi connectivity index (χ2n) is 33.9. The van der Waals surface area contributed by atoms with Crippen LogP contribution in [0.1, 0.15) is 127 Å². The van der Waals surface area contributed by atoms with E-state index in [0.29, 0.717) is 51.6 Å². The minimum absolute atomic E-state index is 0.00582. The number of nitrogens with zero attached hydrogens (tertiary/aromatic N) is 5.